The highest BCUT2D eigenvalue weighted by atomic mass is 19.1. The first-order valence-corrected chi connectivity index (χ1v) is 4.28. The van der Waals surface area contributed by atoms with Crippen molar-refractivity contribution in [2.45, 2.75) is 12.7 Å². The van der Waals surface area contributed by atoms with Crippen molar-refractivity contribution in [1.82, 2.24) is 0 Å². The Morgan fingerprint density at radius 2 is 1.71 bits per heavy atom. The molecule has 2 nitrogen and oxygen atoms in total. The van der Waals surface area contributed by atoms with Crippen LogP contribution in [0.15, 0.2) is 24.3 Å². The summed E-state index contributed by atoms with van der Waals surface area (Å²) in [4.78, 5) is 0. The zero-order chi connectivity index (χ0) is 10.4. The summed E-state index contributed by atoms with van der Waals surface area (Å²) in [7, 11) is 0. The molecule has 0 heterocycles. The van der Waals surface area contributed by atoms with E-state index in [2.05, 4.69) is 0 Å². The summed E-state index contributed by atoms with van der Waals surface area (Å²) in [6.45, 7) is -1.76. The minimum absolute atomic E-state index is 0.0596. The van der Waals surface area contributed by atoms with E-state index < -0.39 is 19.5 Å². The van der Waals surface area contributed by atoms with Gasteiger partial charge in [-0.3, -0.25) is 0 Å². The normalized spacial score (nSPS) is 10.6. The van der Waals surface area contributed by atoms with Crippen molar-refractivity contribution in [1.29, 1.82) is 0 Å². The van der Waals surface area contributed by atoms with E-state index in [0.717, 1.165) is 5.56 Å². The first kappa shape index (κ1) is 10.9. The lowest BCUT2D eigenvalue weighted by atomic mass is 10.2. The van der Waals surface area contributed by atoms with Crippen LogP contribution in [0.4, 0.5) is 8.78 Å². The Labute approximate surface area is 81.1 Å². The molecule has 1 aromatic carbocycles. The lowest BCUT2D eigenvalue weighted by Gasteiger charge is -2.12. The molecule has 0 atom stereocenters. The van der Waals surface area contributed by atoms with Crippen LogP contribution in [0.3, 0.4) is 0 Å². The summed E-state index contributed by atoms with van der Waals surface area (Å²) in [5, 5.41) is 8.74. The number of hydrogen-bond donors (Lipinski definition) is 1. The maximum atomic E-state index is 12.1. The summed E-state index contributed by atoms with van der Waals surface area (Å²) in [5.74, 6) is 0.405. The van der Waals surface area contributed by atoms with Crippen LogP contribution in [0.1, 0.15) is 5.56 Å². The van der Waals surface area contributed by atoms with Gasteiger partial charge in [0.25, 0.3) is 0 Å². The third kappa shape index (κ3) is 2.96. The quantitative estimate of drug-likeness (QED) is 0.789. The Morgan fingerprint density at radius 1 is 1.14 bits per heavy atom. The van der Waals surface area contributed by atoms with Crippen molar-refractivity contribution in [3.05, 3.63) is 29.8 Å². The first-order chi connectivity index (χ1) is 6.80. The van der Waals surface area contributed by atoms with E-state index in [0.29, 0.717) is 5.75 Å². The maximum absolute atomic E-state index is 12.1. The molecule has 1 N–H and O–H groups in total. The maximum Gasteiger partial charge on any atom is 0.155 e. The van der Waals surface area contributed by atoms with Crippen LogP contribution in [0.5, 0.6) is 5.75 Å². The second kappa shape index (κ2) is 5.54. The molecule has 0 saturated carbocycles. The smallest absolute Gasteiger partial charge is 0.155 e. The Kier molecular flexibility index (Phi) is 4.32. The molecule has 14 heavy (non-hydrogen) atoms. The van der Waals surface area contributed by atoms with Gasteiger partial charge in [0.2, 0.25) is 0 Å². The zero-order valence-corrected chi connectivity index (χ0v) is 7.62. The molecule has 0 saturated heterocycles. The van der Waals surface area contributed by atoms with Gasteiger partial charge < -0.3 is 9.84 Å². The molecule has 0 aliphatic rings. The highest BCUT2D eigenvalue weighted by Gasteiger charge is 2.08. The molecule has 0 bridgehead atoms. The average Bonchev–Trinajstić information content (AvgIpc) is 2.26. The third-order valence-electron chi connectivity index (χ3n) is 1.75. The number of alkyl halides is 2. The van der Waals surface area contributed by atoms with E-state index in [1.54, 1.807) is 24.3 Å². The molecule has 1 rings (SSSR count). The lowest BCUT2D eigenvalue weighted by Crippen LogP contribution is -2.21. The summed E-state index contributed by atoms with van der Waals surface area (Å²) in [6, 6.07) is 6.43. The number of aliphatic hydroxyl groups excluding tert-OH is 1. The predicted octanol–water partition coefficient (Wildman–Crippen LogP) is 1.87. The highest BCUT2D eigenvalue weighted by Crippen LogP contribution is 2.14. The van der Waals surface area contributed by atoms with Crippen molar-refractivity contribution >= 4 is 0 Å². The molecular formula is C10H12F2O2. The van der Waals surface area contributed by atoms with Crippen molar-refractivity contribution in [2.24, 2.45) is 0 Å². The van der Waals surface area contributed by atoms with Crippen molar-refractivity contribution < 1.29 is 18.6 Å². The van der Waals surface area contributed by atoms with Gasteiger partial charge in [-0.25, -0.2) is 8.78 Å². The Hall–Kier alpha value is -1.16. The number of hydrogen-bond acceptors (Lipinski definition) is 2. The number of benzene rings is 1. The molecule has 0 fully saturated rings. The van der Waals surface area contributed by atoms with Gasteiger partial charge in [0.1, 0.15) is 19.1 Å². The molecule has 0 aromatic heterocycles. The largest absolute Gasteiger partial charge is 0.485 e. The van der Waals surface area contributed by atoms with Gasteiger partial charge in [0.05, 0.1) is 6.61 Å². The number of halogens is 2. The van der Waals surface area contributed by atoms with Crippen LogP contribution in [0.25, 0.3) is 0 Å². The van der Waals surface area contributed by atoms with Gasteiger partial charge in [-0.2, -0.15) is 0 Å². The van der Waals surface area contributed by atoms with E-state index in [4.69, 9.17) is 9.84 Å². The third-order valence-corrected chi connectivity index (χ3v) is 1.75. The van der Waals surface area contributed by atoms with Crippen molar-refractivity contribution in [3.8, 4) is 5.75 Å². The summed E-state index contributed by atoms with van der Waals surface area (Å²) < 4.78 is 29.1. The molecule has 0 amide bonds. The monoisotopic (exact) mass is 202 g/mol. The number of aliphatic hydroxyl groups is 1. The van der Waals surface area contributed by atoms with Crippen LogP contribution < -0.4 is 4.74 Å². The first-order valence-electron chi connectivity index (χ1n) is 4.28. The Morgan fingerprint density at radius 3 is 2.14 bits per heavy atom. The van der Waals surface area contributed by atoms with Crippen molar-refractivity contribution in [2.75, 3.05) is 13.3 Å². The lowest BCUT2D eigenvalue weighted by molar-refractivity contribution is 0.133. The topological polar surface area (TPSA) is 29.5 Å². The fourth-order valence-corrected chi connectivity index (χ4v) is 0.970. The molecule has 0 spiro atoms. The van der Waals surface area contributed by atoms with Crippen LogP contribution in [0, 0.1) is 0 Å². The summed E-state index contributed by atoms with van der Waals surface area (Å²) in [6.07, 6.45) is -1.03. The molecule has 0 aliphatic heterocycles. The Balaban J connectivity index is 2.58. The van der Waals surface area contributed by atoms with Crippen LogP contribution in [-0.2, 0) is 6.61 Å². The second-order valence-electron chi connectivity index (χ2n) is 2.85. The molecule has 0 radical (unpaired) electrons. The SMILES string of the molecule is OCc1ccc(OC(CF)CF)cc1. The van der Waals surface area contributed by atoms with Crippen LogP contribution >= 0.6 is 0 Å². The van der Waals surface area contributed by atoms with E-state index >= 15 is 0 Å². The molecule has 0 aliphatic carbocycles. The minimum atomic E-state index is -1.03. The minimum Gasteiger partial charge on any atom is -0.485 e. The van der Waals surface area contributed by atoms with E-state index in [1.165, 1.54) is 0 Å². The van der Waals surface area contributed by atoms with Crippen LogP contribution in [-0.4, -0.2) is 24.6 Å². The predicted molar refractivity (Wildman–Crippen MR) is 48.7 cm³/mol. The van der Waals surface area contributed by atoms with Gasteiger partial charge in [-0.05, 0) is 17.7 Å². The number of ether oxygens (including phenoxy) is 1. The van der Waals surface area contributed by atoms with Gasteiger partial charge in [0.15, 0.2) is 6.10 Å². The van der Waals surface area contributed by atoms with Gasteiger partial charge in [-0.15, -0.1) is 0 Å². The Bertz CT molecular complexity index is 257. The van der Waals surface area contributed by atoms with E-state index in [1.807, 2.05) is 0 Å². The average molecular weight is 202 g/mol. The van der Waals surface area contributed by atoms with Gasteiger partial charge in [0, 0.05) is 0 Å². The highest BCUT2D eigenvalue weighted by molar-refractivity contribution is 5.27. The molecule has 0 unspecified atom stereocenters. The fraction of sp³-hybridized carbons (Fsp3) is 0.400. The fourth-order valence-electron chi connectivity index (χ4n) is 0.970. The molecule has 4 heteroatoms. The number of rotatable bonds is 5. The van der Waals surface area contributed by atoms with Gasteiger partial charge in [-0.1, -0.05) is 12.1 Å². The molecule has 78 valence electrons. The summed E-state index contributed by atoms with van der Waals surface area (Å²) >= 11 is 0. The van der Waals surface area contributed by atoms with Crippen molar-refractivity contribution in [3.63, 3.8) is 0 Å². The summed E-state index contributed by atoms with van der Waals surface area (Å²) in [5.41, 5.74) is 0.731. The molecule has 1 aromatic rings. The standard InChI is InChI=1S/C10H12F2O2/c11-5-10(6-12)14-9-3-1-8(7-13)2-4-9/h1-4,10,13H,5-7H2. The van der Waals surface area contributed by atoms with Gasteiger partial charge >= 0.3 is 0 Å². The van der Waals surface area contributed by atoms with Crippen LogP contribution in [0.2, 0.25) is 0 Å². The van der Waals surface area contributed by atoms with E-state index in [-0.39, 0.29) is 6.61 Å². The van der Waals surface area contributed by atoms with E-state index in [9.17, 15) is 8.78 Å². The zero-order valence-electron chi connectivity index (χ0n) is 7.62. The second-order valence-corrected chi connectivity index (χ2v) is 2.85. The molecular weight excluding hydrogens is 190 g/mol.